The molecule has 126 valence electrons. The summed E-state index contributed by atoms with van der Waals surface area (Å²) in [4.78, 5) is -1.79. The topological polar surface area (TPSA) is 23.8 Å². The van der Waals surface area contributed by atoms with E-state index in [2.05, 4.69) is 0 Å². The summed E-state index contributed by atoms with van der Waals surface area (Å²) in [6.07, 6.45) is 0. The second kappa shape index (κ2) is 6.27. The van der Waals surface area contributed by atoms with Crippen LogP contribution in [0.15, 0.2) is 4.90 Å². The summed E-state index contributed by atoms with van der Waals surface area (Å²) in [6, 6.07) is 0.776. The second-order valence-electron chi connectivity index (χ2n) is 4.15. The van der Waals surface area contributed by atoms with Gasteiger partial charge in [0.15, 0.2) is 46.5 Å². The van der Waals surface area contributed by atoms with Crippen molar-refractivity contribution in [2.24, 2.45) is 0 Å². The Labute approximate surface area is 131 Å². The molecule has 0 aliphatic carbocycles. The van der Waals surface area contributed by atoms with Gasteiger partial charge in [-0.15, -0.1) is 0 Å². The van der Waals surface area contributed by atoms with Crippen molar-refractivity contribution in [2.75, 3.05) is 0 Å². The van der Waals surface area contributed by atoms with E-state index in [0.717, 1.165) is 6.07 Å². The van der Waals surface area contributed by atoms with Crippen LogP contribution in [0.25, 0.3) is 11.1 Å². The van der Waals surface area contributed by atoms with Crippen LogP contribution in [-0.2, 0) is 0 Å². The molecule has 0 fully saturated rings. The van der Waals surface area contributed by atoms with E-state index in [1.165, 1.54) is 0 Å². The number of halogens is 9. The van der Waals surface area contributed by atoms with E-state index in [0.29, 0.717) is 0 Å². The molecule has 1 nitrogen and oxygen atoms in total. The van der Waals surface area contributed by atoms with Gasteiger partial charge in [0, 0.05) is 0 Å². The van der Waals surface area contributed by atoms with Gasteiger partial charge in [0.1, 0.15) is 16.5 Å². The minimum Gasteiger partial charge on any atom is -0.203 e. The molecule has 2 rings (SSSR count). The van der Waals surface area contributed by atoms with E-state index in [9.17, 15) is 39.0 Å². The number of hydrogen-bond acceptors (Lipinski definition) is 2. The molecule has 2 aromatic rings. The van der Waals surface area contributed by atoms with Crippen LogP contribution in [0.1, 0.15) is 5.56 Å². The summed E-state index contributed by atoms with van der Waals surface area (Å²) < 4.78 is 121. The van der Waals surface area contributed by atoms with Crippen LogP contribution in [0.4, 0.5) is 39.0 Å². The maximum atomic E-state index is 13.8. The number of nitriles is 1. The number of benzene rings is 2. The van der Waals surface area contributed by atoms with Crippen LogP contribution in [0.3, 0.4) is 0 Å². The quantitative estimate of drug-likeness (QED) is 0.526. The highest BCUT2D eigenvalue weighted by molar-refractivity contribution is 7.94. The van der Waals surface area contributed by atoms with E-state index in [1.54, 1.807) is 0 Å². The van der Waals surface area contributed by atoms with Gasteiger partial charge in [-0.2, -0.15) is 9.15 Å². The summed E-state index contributed by atoms with van der Waals surface area (Å²) in [5.74, 6) is -19.2. The molecule has 0 radical (unpaired) electrons. The molecule has 0 saturated carbocycles. The second-order valence-corrected chi connectivity index (χ2v) is 4.72. The van der Waals surface area contributed by atoms with Gasteiger partial charge in [0.25, 0.3) is 0 Å². The molecule has 2 aromatic carbocycles. The molecule has 0 atom stereocenters. The van der Waals surface area contributed by atoms with Gasteiger partial charge in [-0.3, -0.25) is 0 Å². The van der Waals surface area contributed by atoms with Crippen molar-refractivity contribution in [3.05, 3.63) is 52.1 Å². The lowest BCUT2D eigenvalue weighted by molar-refractivity contribution is 0.421. The first-order valence-electron chi connectivity index (χ1n) is 5.59. The van der Waals surface area contributed by atoms with Gasteiger partial charge in [0.05, 0.1) is 23.3 Å². The zero-order chi connectivity index (χ0) is 18.3. The molecule has 0 amide bonds. The molecule has 11 heteroatoms. The van der Waals surface area contributed by atoms with Gasteiger partial charge in [0.2, 0.25) is 0 Å². The minimum atomic E-state index is -2.48. The summed E-state index contributed by atoms with van der Waals surface area (Å²) in [5.41, 5.74) is -5.99. The zero-order valence-electron chi connectivity index (χ0n) is 10.8. The van der Waals surface area contributed by atoms with Crippen molar-refractivity contribution in [2.45, 2.75) is 4.90 Å². The minimum absolute atomic E-state index is 0.776. The van der Waals surface area contributed by atoms with Crippen LogP contribution in [0, 0.1) is 57.9 Å². The molecule has 0 bridgehead atoms. The van der Waals surface area contributed by atoms with Crippen molar-refractivity contribution in [1.29, 1.82) is 5.26 Å². The van der Waals surface area contributed by atoms with Gasteiger partial charge < -0.3 is 0 Å². The zero-order valence-corrected chi connectivity index (χ0v) is 11.6. The van der Waals surface area contributed by atoms with Crippen molar-refractivity contribution >= 4 is 12.1 Å². The third-order valence-corrected chi connectivity index (χ3v) is 3.44. The fraction of sp³-hybridized carbons (Fsp3) is 0. The Hall–Kier alpha value is -2.35. The van der Waals surface area contributed by atoms with Crippen molar-refractivity contribution in [3.8, 4) is 17.2 Å². The van der Waals surface area contributed by atoms with Crippen molar-refractivity contribution < 1.29 is 39.0 Å². The average molecular weight is 373 g/mol. The largest absolute Gasteiger partial charge is 0.203 e. The summed E-state index contributed by atoms with van der Waals surface area (Å²) in [6.45, 7) is 0. The van der Waals surface area contributed by atoms with Gasteiger partial charge in [-0.1, -0.05) is 0 Å². The Morgan fingerprint density at radius 3 is 1.21 bits per heavy atom. The molecule has 0 aliphatic rings. The van der Waals surface area contributed by atoms with E-state index >= 15 is 0 Å². The Balaban J connectivity index is 3.03. The molecule has 0 N–H and O–H groups in total. The van der Waals surface area contributed by atoms with Crippen LogP contribution in [0.2, 0.25) is 0 Å². The monoisotopic (exact) mass is 373 g/mol. The molecule has 0 unspecified atom stereocenters. The van der Waals surface area contributed by atoms with E-state index in [-0.39, 0.29) is 0 Å². The SMILES string of the molecule is N#Cc1c(F)c(F)c(-c2c(F)c(F)c(SF)c(F)c2F)c(F)c1F. The summed E-state index contributed by atoms with van der Waals surface area (Å²) >= 11 is -1.23. The lowest BCUT2D eigenvalue weighted by Crippen LogP contribution is -2.09. The van der Waals surface area contributed by atoms with E-state index < -0.39 is 80.3 Å². The Morgan fingerprint density at radius 2 is 0.917 bits per heavy atom. The molecule has 0 spiro atoms. The van der Waals surface area contributed by atoms with Crippen LogP contribution >= 0.6 is 12.1 Å². The van der Waals surface area contributed by atoms with Crippen LogP contribution < -0.4 is 0 Å². The maximum absolute atomic E-state index is 13.8. The molecule has 0 heterocycles. The lowest BCUT2D eigenvalue weighted by Gasteiger charge is -2.13. The molecule has 0 aromatic heterocycles. The molecule has 0 aliphatic heterocycles. The highest BCUT2D eigenvalue weighted by Crippen LogP contribution is 2.40. The predicted octanol–water partition coefficient (Wildman–Crippen LogP) is 5.31. The Bertz CT molecular complexity index is 846. The summed E-state index contributed by atoms with van der Waals surface area (Å²) in [5, 5.41) is 8.40. The first-order valence-corrected chi connectivity index (χ1v) is 6.31. The summed E-state index contributed by atoms with van der Waals surface area (Å²) in [7, 11) is 0. The highest BCUT2D eigenvalue weighted by atomic mass is 32.2. The average Bonchev–Trinajstić information content (AvgIpc) is 2.55. The smallest absolute Gasteiger partial charge is 0.180 e. The Kier molecular flexibility index (Phi) is 4.70. The van der Waals surface area contributed by atoms with Crippen LogP contribution in [-0.4, -0.2) is 0 Å². The van der Waals surface area contributed by atoms with Gasteiger partial charge in [-0.05, 0) is 0 Å². The van der Waals surface area contributed by atoms with Gasteiger partial charge >= 0.3 is 0 Å². The fourth-order valence-corrected chi connectivity index (χ4v) is 2.16. The molecule has 0 saturated heterocycles. The van der Waals surface area contributed by atoms with Gasteiger partial charge in [-0.25, -0.2) is 35.1 Å². The Morgan fingerprint density at radius 1 is 0.583 bits per heavy atom. The number of rotatable bonds is 2. The fourth-order valence-electron chi connectivity index (χ4n) is 1.85. The normalized spacial score (nSPS) is 10.8. The van der Waals surface area contributed by atoms with E-state index in [4.69, 9.17) is 5.26 Å². The maximum Gasteiger partial charge on any atom is 0.180 e. The standard InChI is InChI=1S/C13F9NS/c14-5-2(1-23)6(15)8(17)3(7(5)16)4-9(18)11(20)13(24-22)12(21)10(4)19. The molecule has 24 heavy (non-hydrogen) atoms. The molecular weight excluding hydrogens is 373 g/mol. The lowest BCUT2D eigenvalue weighted by atomic mass is 9.99. The van der Waals surface area contributed by atoms with E-state index in [1.807, 2.05) is 0 Å². The third-order valence-electron chi connectivity index (χ3n) is 2.93. The first kappa shape index (κ1) is 18.0. The van der Waals surface area contributed by atoms with Crippen molar-refractivity contribution in [1.82, 2.24) is 0 Å². The first-order chi connectivity index (χ1) is 11.2. The van der Waals surface area contributed by atoms with Crippen molar-refractivity contribution in [3.63, 3.8) is 0 Å². The third kappa shape index (κ3) is 2.37. The predicted molar refractivity (Wildman–Crippen MR) is 63.2 cm³/mol. The van der Waals surface area contributed by atoms with Crippen LogP contribution in [0.5, 0.6) is 0 Å². The molecular formula is C13F9NS. The number of hydrogen-bond donors (Lipinski definition) is 0. The number of nitrogens with zero attached hydrogens (tertiary/aromatic N) is 1. The highest BCUT2D eigenvalue weighted by Gasteiger charge is 2.34.